The lowest BCUT2D eigenvalue weighted by atomic mass is 9.98. The van der Waals surface area contributed by atoms with E-state index >= 15 is 0 Å². The Kier molecular flexibility index (Phi) is 4.19. The van der Waals surface area contributed by atoms with Gasteiger partial charge in [-0.15, -0.1) is 0 Å². The predicted octanol–water partition coefficient (Wildman–Crippen LogP) is 3.61. The second-order valence-corrected chi connectivity index (χ2v) is 6.14. The van der Waals surface area contributed by atoms with Crippen molar-refractivity contribution in [1.29, 1.82) is 0 Å². The summed E-state index contributed by atoms with van der Waals surface area (Å²) in [6.07, 6.45) is 8.97. The Morgan fingerprint density at radius 1 is 1.11 bits per heavy atom. The summed E-state index contributed by atoms with van der Waals surface area (Å²) >= 11 is 0. The number of hydrogen-bond donors (Lipinski definition) is 0. The molecule has 2 heteroatoms. The van der Waals surface area contributed by atoms with Crippen molar-refractivity contribution in [2.45, 2.75) is 63.3 Å². The van der Waals surface area contributed by atoms with Gasteiger partial charge in [-0.05, 0) is 31.9 Å². The second kappa shape index (κ2) is 6.06. The monoisotopic (exact) mass is 259 g/mol. The Morgan fingerprint density at radius 2 is 1.84 bits per heavy atom. The maximum Gasteiger partial charge on any atom is 0.0750 e. The minimum absolute atomic E-state index is 0.497. The number of likely N-dealkylation sites (N-methyl/N-ethyl adjacent to an activating group) is 1. The molecular weight excluding hydrogens is 234 g/mol. The van der Waals surface area contributed by atoms with Crippen molar-refractivity contribution in [3.8, 4) is 0 Å². The van der Waals surface area contributed by atoms with E-state index in [1.165, 1.54) is 44.1 Å². The SMILES string of the molecule is CN(Cc1ccccc1)[C@@H]1C[C@H]1OC1CCCCC1. The van der Waals surface area contributed by atoms with Crippen LogP contribution in [0.25, 0.3) is 0 Å². The van der Waals surface area contributed by atoms with Crippen LogP contribution in [0.5, 0.6) is 0 Å². The number of rotatable bonds is 5. The fourth-order valence-electron chi connectivity index (χ4n) is 3.21. The van der Waals surface area contributed by atoms with Gasteiger partial charge in [-0.1, -0.05) is 49.6 Å². The summed E-state index contributed by atoms with van der Waals surface area (Å²) in [6.45, 7) is 1.04. The van der Waals surface area contributed by atoms with Gasteiger partial charge in [0.2, 0.25) is 0 Å². The van der Waals surface area contributed by atoms with E-state index < -0.39 is 0 Å². The fraction of sp³-hybridized carbons (Fsp3) is 0.647. The van der Waals surface area contributed by atoms with E-state index in [0.717, 1.165) is 6.54 Å². The Hall–Kier alpha value is -0.860. The van der Waals surface area contributed by atoms with Crippen LogP contribution in [0.15, 0.2) is 30.3 Å². The van der Waals surface area contributed by atoms with Crippen molar-refractivity contribution in [1.82, 2.24) is 4.90 Å². The molecule has 0 aliphatic heterocycles. The van der Waals surface area contributed by atoms with Gasteiger partial charge in [0.25, 0.3) is 0 Å². The smallest absolute Gasteiger partial charge is 0.0750 e. The van der Waals surface area contributed by atoms with Gasteiger partial charge in [0, 0.05) is 12.6 Å². The molecule has 0 aromatic heterocycles. The molecule has 2 aliphatic carbocycles. The van der Waals surface area contributed by atoms with Gasteiger partial charge in [-0.2, -0.15) is 0 Å². The average Bonchev–Trinajstić information content (AvgIpc) is 3.20. The van der Waals surface area contributed by atoms with E-state index in [9.17, 15) is 0 Å². The Balaban J connectivity index is 1.44. The molecule has 0 saturated heterocycles. The first-order valence-corrected chi connectivity index (χ1v) is 7.72. The quantitative estimate of drug-likeness (QED) is 0.801. The van der Waals surface area contributed by atoms with E-state index in [0.29, 0.717) is 18.2 Å². The van der Waals surface area contributed by atoms with Crippen LogP contribution >= 0.6 is 0 Å². The predicted molar refractivity (Wildman–Crippen MR) is 78.1 cm³/mol. The van der Waals surface area contributed by atoms with Crippen molar-refractivity contribution in [2.75, 3.05) is 7.05 Å². The summed E-state index contributed by atoms with van der Waals surface area (Å²) in [5.74, 6) is 0. The number of ether oxygens (including phenoxy) is 1. The van der Waals surface area contributed by atoms with Gasteiger partial charge in [0.1, 0.15) is 0 Å². The van der Waals surface area contributed by atoms with Crippen LogP contribution in [0.1, 0.15) is 44.1 Å². The topological polar surface area (TPSA) is 12.5 Å². The second-order valence-electron chi connectivity index (χ2n) is 6.14. The maximum absolute atomic E-state index is 6.23. The molecule has 0 unspecified atom stereocenters. The van der Waals surface area contributed by atoms with Crippen molar-refractivity contribution in [3.63, 3.8) is 0 Å². The molecule has 2 saturated carbocycles. The molecule has 2 atom stereocenters. The first kappa shape index (κ1) is 13.1. The number of hydrogen-bond acceptors (Lipinski definition) is 2. The summed E-state index contributed by atoms with van der Waals surface area (Å²) in [7, 11) is 2.22. The maximum atomic E-state index is 6.23. The highest BCUT2D eigenvalue weighted by Crippen LogP contribution is 2.35. The zero-order valence-electron chi connectivity index (χ0n) is 11.9. The van der Waals surface area contributed by atoms with E-state index in [2.05, 4.69) is 42.3 Å². The zero-order valence-corrected chi connectivity index (χ0v) is 11.9. The fourth-order valence-corrected chi connectivity index (χ4v) is 3.21. The van der Waals surface area contributed by atoms with Crippen LogP contribution in [0, 0.1) is 0 Å². The van der Waals surface area contributed by atoms with Crippen LogP contribution in [0.4, 0.5) is 0 Å². The number of nitrogens with zero attached hydrogens (tertiary/aromatic N) is 1. The minimum atomic E-state index is 0.497. The zero-order chi connectivity index (χ0) is 13.1. The Labute approximate surface area is 116 Å². The average molecular weight is 259 g/mol. The molecule has 2 nitrogen and oxygen atoms in total. The van der Waals surface area contributed by atoms with Crippen LogP contribution in [-0.4, -0.2) is 30.2 Å². The molecule has 0 amide bonds. The molecule has 19 heavy (non-hydrogen) atoms. The van der Waals surface area contributed by atoms with Crippen LogP contribution < -0.4 is 0 Å². The third-order valence-corrected chi connectivity index (χ3v) is 4.46. The Morgan fingerprint density at radius 3 is 2.58 bits per heavy atom. The van der Waals surface area contributed by atoms with Gasteiger partial charge >= 0.3 is 0 Å². The normalized spacial score (nSPS) is 27.7. The van der Waals surface area contributed by atoms with Crippen molar-refractivity contribution < 1.29 is 4.74 Å². The third-order valence-electron chi connectivity index (χ3n) is 4.46. The van der Waals surface area contributed by atoms with Crippen molar-refractivity contribution in [2.24, 2.45) is 0 Å². The van der Waals surface area contributed by atoms with E-state index in [-0.39, 0.29) is 0 Å². The van der Waals surface area contributed by atoms with E-state index in [4.69, 9.17) is 4.74 Å². The van der Waals surface area contributed by atoms with Gasteiger partial charge in [-0.3, -0.25) is 4.90 Å². The number of benzene rings is 1. The third kappa shape index (κ3) is 3.58. The first-order valence-electron chi connectivity index (χ1n) is 7.72. The molecule has 0 heterocycles. The standard InChI is InChI=1S/C17H25NO/c1-18(13-14-8-4-2-5-9-14)16-12-17(16)19-15-10-6-3-7-11-15/h2,4-5,8-9,15-17H,3,6-7,10-13H2,1H3/t16-,17-/m1/s1. The molecule has 1 aromatic rings. The van der Waals surface area contributed by atoms with Crippen LogP contribution in [-0.2, 0) is 11.3 Å². The summed E-state index contributed by atoms with van der Waals surface area (Å²) < 4.78 is 6.23. The molecule has 1 aromatic carbocycles. The molecule has 0 N–H and O–H groups in total. The van der Waals surface area contributed by atoms with E-state index in [1.54, 1.807) is 0 Å². The first-order chi connectivity index (χ1) is 9.33. The summed E-state index contributed by atoms with van der Waals surface area (Å²) in [4.78, 5) is 2.45. The van der Waals surface area contributed by atoms with Crippen LogP contribution in [0.2, 0.25) is 0 Å². The molecule has 0 radical (unpaired) electrons. The minimum Gasteiger partial charge on any atom is -0.373 e. The lowest BCUT2D eigenvalue weighted by Gasteiger charge is -2.23. The van der Waals surface area contributed by atoms with Gasteiger partial charge < -0.3 is 4.74 Å². The highest BCUT2D eigenvalue weighted by molar-refractivity contribution is 5.15. The van der Waals surface area contributed by atoms with Gasteiger partial charge in [0.15, 0.2) is 0 Å². The summed E-state index contributed by atoms with van der Waals surface area (Å²) in [5.41, 5.74) is 1.40. The highest BCUT2D eigenvalue weighted by atomic mass is 16.5. The summed E-state index contributed by atoms with van der Waals surface area (Å²) in [5, 5.41) is 0. The van der Waals surface area contributed by atoms with E-state index in [1.807, 2.05) is 0 Å². The lowest BCUT2D eigenvalue weighted by Crippen LogP contribution is -2.26. The molecule has 3 rings (SSSR count). The van der Waals surface area contributed by atoms with Gasteiger partial charge in [0.05, 0.1) is 12.2 Å². The Bertz CT molecular complexity index is 386. The van der Waals surface area contributed by atoms with Crippen molar-refractivity contribution >= 4 is 0 Å². The molecule has 2 aliphatic rings. The molecule has 104 valence electrons. The highest BCUT2D eigenvalue weighted by Gasteiger charge is 2.42. The molecule has 2 fully saturated rings. The molecule has 0 spiro atoms. The van der Waals surface area contributed by atoms with Crippen molar-refractivity contribution in [3.05, 3.63) is 35.9 Å². The molecular formula is C17H25NO. The largest absolute Gasteiger partial charge is 0.373 e. The molecule has 0 bridgehead atoms. The summed E-state index contributed by atoms with van der Waals surface area (Å²) in [6, 6.07) is 11.4. The van der Waals surface area contributed by atoms with Crippen LogP contribution in [0.3, 0.4) is 0 Å². The lowest BCUT2D eigenvalue weighted by molar-refractivity contribution is 0.00487. The van der Waals surface area contributed by atoms with Gasteiger partial charge in [-0.25, -0.2) is 0 Å².